The van der Waals surface area contributed by atoms with Crippen molar-refractivity contribution >= 4 is 11.9 Å². The molecule has 0 radical (unpaired) electrons. The van der Waals surface area contributed by atoms with Crippen LogP contribution in [0.25, 0.3) is 0 Å². The minimum atomic E-state index is -1.22. The van der Waals surface area contributed by atoms with E-state index < -0.39 is 11.9 Å². The first kappa shape index (κ1) is 6.68. The van der Waals surface area contributed by atoms with E-state index in [1.807, 2.05) is 0 Å². The highest BCUT2D eigenvalue weighted by atomic mass is 16.4. The van der Waals surface area contributed by atoms with E-state index in [1.54, 1.807) is 0 Å². The van der Waals surface area contributed by atoms with Crippen LogP contribution in [-0.2, 0) is 4.79 Å². The van der Waals surface area contributed by atoms with Crippen molar-refractivity contribution in [2.75, 3.05) is 0 Å². The Hall–Kier alpha value is -1.32. The van der Waals surface area contributed by atoms with Gasteiger partial charge >= 0.3 is 11.9 Å². The monoisotopic (exact) mass is 117 g/mol. The van der Waals surface area contributed by atoms with Crippen molar-refractivity contribution in [3.05, 3.63) is 12.2 Å². The average molecular weight is 117 g/mol. The Kier molecular flexibility index (Phi) is 2.33. The Morgan fingerprint density at radius 2 is 1.88 bits per heavy atom. The summed E-state index contributed by atoms with van der Waals surface area (Å²) in [7, 11) is 0. The Morgan fingerprint density at radius 1 is 1.38 bits per heavy atom. The number of rotatable bonds is 2. The predicted molar refractivity (Wildman–Crippen MR) is 26.3 cm³/mol. The number of aliphatic carboxylic acids is 2. The molecule has 0 amide bonds. The van der Waals surface area contributed by atoms with Gasteiger partial charge in [-0.3, -0.25) is 0 Å². The SMILES string of the molecule is O=C(O)/C=C/C(O)=[OH+]. The van der Waals surface area contributed by atoms with Crippen molar-refractivity contribution in [1.29, 1.82) is 0 Å². The summed E-state index contributed by atoms with van der Waals surface area (Å²) >= 11 is 0. The molecule has 0 aromatic rings. The molecule has 0 rings (SSSR count). The van der Waals surface area contributed by atoms with Gasteiger partial charge in [0.15, 0.2) is 0 Å². The Morgan fingerprint density at radius 3 is 2.00 bits per heavy atom. The van der Waals surface area contributed by atoms with Crippen molar-refractivity contribution in [2.45, 2.75) is 0 Å². The molecule has 0 fully saturated rings. The summed E-state index contributed by atoms with van der Waals surface area (Å²) in [6.07, 6.45) is 1.29. The third-order valence-electron chi connectivity index (χ3n) is 0.375. The van der Waals surface area contributed by atoms with Crippen LogP contribution >= 0.6 is 0 Å². The van der Waals surface area contributed by atoms with E-state index >= 15 is 0 Å². The van der Waals surface area contributed by atoms with E-state index in [9.17, 15) is 4.79 Å². The first-order valence-electron chi connectivity index (χ1n) is 1.79. The van der Waals surface area contributed by atoms with Gasteiger partial charge in [-0.2, -0.15) is 0 Å². The van der Waals surface area contributed by atoms with Gasteiger partial charge in [-0.25, -0.2) is 4.79 Å². The van der Waals surface area contributed by atoms with Crippen molar-refractivity contribution in [1.82, 2.24) is 0 Å². The van der Waals surface area contributed by atoms with Crippen molar-refractivity contribution < 1.29 is 19.8 Å². The third kappa shape index (κ3) is 4.68. The third-order valence-corrected chi connectivity index (χ3v) is 0.375. The van der Waals surface area contributed by atoms with Crippen molar-refractivity contribution in [3.63, 3.8) is 0 Å². The summed E-state index contributed by atoms with van der Waals surface area (Å²) in [5, 5.41) is 15.8. The molecule has 0 spiro atoms. The molecule has 0 aromatic heterocycles. The van der Waals surface area contributed by atoms with E-state index in [0.717, 1.165) is 0 Å². The summed E-state index contributed by atoms with van der Waals surface area (Å²) in [5.74, 6) is -2.22. The molecule has 0 aliphatic heterocycles. The number of hydrogen-bond donors (Lipinski definition) is 2. The Bertz CT molecular complexity index is 119. The lowest BCUT2D eigenvalue weighted by molar-refractivity contribution is -0.131. The first-order chi connectivity index (χ1) is 3.63. The zero-order chi connectivity index (χ0) is 6.57. The topological polar surface area (TPSA) is 78.9 Å². The average Bonchev–Trinajstić information content (AvgIpc) is 1.61. The van der Waals surface area contributed by atoms with Crippen molar-refractivity contribution in [3.8, 4) is 0 Å². The molecule has 3 N–H and O–H groups in total. The van der Waals surface area contributed by atoms with Crippen LogP contribution in [0.15, 0.2) is 12.2 Å². The smallest absolute Gasteiger partial charge is 0.478 e. The molecule has 0 atom stereocenters. The zero-order valence-electron chi connectivity index (χ0n) is 3.90. The molecule has 0 heterocycles. The molecule has 4 nitrogen and oxygen atoms in total. The Balaban J connectivity index is 3.67. The van der Waals surface area contributed by atoms with E-state index in [1.165, 1.54) is 0 Å². The molecular formula is C4H5O4+. The summed E-state index contributed by atoms with van der Waals surface area (Å²) < 4.78 is 0. The van der Waals surface area contributed by atoms with Gasteiger partial charge in [0.25, 0.3) is 0 Å². The molecule has 4 heteroatoms. The van der Waals surface area contributed by atoms with Gasteiger partial charge in [0.1, 0.15) is 0 Å². The van der Waals surface area contributed by atoms with E-state index in [-0.39, 0.29) is 0 Å². The second-order valence-electron chi connectivity index (χ2n) is 1.03. The maximum atomic E-state index is 9.58. The van der Waals surface area contributed by atoms with Crippen molar-refractivity contribution in [2.24, 2.45) is 0 Å². The fourth-order valence-corrected chi connectivity index (χ4v) is 0.146. The van der Waals surface area contributed by atoms with Gasteiger partial charge in [0.2, 0.25) is 0 Å². The molecule has 44 valence electrons. The van der Waals surface area contributed by atoms with Gasteiger partial charge in [-0.1, -0.05) is 0 Å². The van der Waals surface area contributed by atoms with Gasteiger partial charge in [0.05, 0.1) is 6.08 Å². The van der Waals surface area contributed by atoms with E-state index in [2.05, 4.69) is 0 Å². The molecule has 8 heavy (non-hydrogen) atoms. The second-order valence-corrected chi connectivity index (χ2v) is 1.03. The van der Waals surface area contributed by atoms with Gasteiger partial charge in [-0.05, 0) is 0 Å². The van der Waals surface area contributed by atoms with Crippen LogP contribution in [0.5, 0.6) is 0 Å². The first-order valence-corrected chi connectivity index (χ1v) is 1.79. The predicted octanol–water partition coefficient (Wildman–Crippen LogP) is -0.312. The van der Waals surface area contributed by atoms with Crippen LogP contribution in [0.3, 0.4) is 0 Å². The fraction of sp³-hybridized carbons (Fsp3) is 0. The number of aliphatic hydroxyl groups excluding tert-OH is 1. The second kappa shape index (κ2) is 2.79. The van der Waals surface area contributed by atoms with Gasteiger partial charge in [-0.15, -0.1) is 0 Å². The van der Waals surface area contributed by atoms with E-state index in [4.69, 9.17) is 15.0 Å². The standard InChI is InChI=1S/C4H4O4/c5-3(6)1-2-4(7)8/h1-2H,(H,5,6)(H,7,8)/p+1/b2-1+. The van der Waals surface area contributed by atoms with Crippen LogP contribution in [-0.4, -0.2) is 26.9 Å². The number of hydrogen-bond acceptors (Lipinski definition) is 1. The molecule has 0 saturated heterocycles. The maximum Gasteiger partial charge on any atom is 0.508 e. The molecule has 0 aliphatic rings. The van der Waals surface area contributed by atoms with Crippen LogP contribution in [0.2, 0.25) is 0 Å². The maximum absolute atomic E-state index is 9.58. The summed E-state index contributed by atoms with van der Waals surface area (Å²) in [6.45, 7) is 0. The zero-order valence-corrected chi connectivity index (χ0v) is 3.90. The van der Waals surface area contributed by atoms with Gasteiger partial charge < -0.3 is 15.0 Å². The Labute approximate surface area is 45.1 Å². The molecule has 0 saturated carbocycles. The van der Waals surface area contributed by atoms with Crippen LogP contribution in [0.1, 0.15) is 0 Å². The molecule has 0 unspecified atom stereocenters. The summed E-state index contributed by atoms with van der Waals surface area (Å²) in [6, 6.07) is 0. The molecule has 0 aliphatic carbocycles. The summed E-state index contributed by atoms with van der Waals surface area (Å²) in [5.41, 5.74) is 0. The minimum Gasteiger partial charge on any atom is -0.478 e. The highest BCUT2D eigenvalue weighted by Crippen LogP contribution is 1.70. The minimum absolute atomic E-state index is 0.620. The lowest BCUT2D eigenvalue weighted by Crippen LogP contribution is -1.92. The largest absolute Gasteiger partial charge is 0.508 e. The van der Waals surface area contributed by atoms with Crippen LogP contribution < -0.4 is 0 Å². The lowest BCUT2D eigenvalue weighted by Gasteiger charge is -1.70. The highest BCUT2D eigenvalue weighted by Gasteiger charge is 1.95. The molecular weight excluding hydrogens is 112 g/mol. The fourth-order valence-electron chi connectivity index (χ4n) is 0.146. The van der Waals surface area contributed by atoms with Gasteiger partial charge in [0, 0.05) is 6.08 Å². The molecule has 0 bridgehead atoms. The quantitative estimate of drug-likeness (QED) is 0.384. The number of carboxylic acids is 2. The van der Waals surface area contributed by atoms with E-state index in [0.29, 0.717) is 12.2 Å². The lowest BCUT2D eigenvalue weighted by atomic mass is 10.5. The normalized spacial score (nSPS) is 9.50. The van der Waals surface area contributed by atoms with Crippen LogP contribution in [0.4, 0.5) is 0 Å². The number of carbonyl (C=O) groups is 1. The molecule has 0 aromatic carbocycles. The number of carboxylic acid groups (broad SMARTS) is 2. The van der Waals surface area contributed by atoms with Crippen LogP contribution in [0, 0.1) is 0 Å². The summed E-state index contributed by atoms with van der Waals surface area (Å²) in [4.78, 5) is 17.5. The highest BCUT2D eigenvalue weighted by molar-refractivity contribution is 5.90.